The summed E-state index contributed by atoms with van der Waals surface area (Å²) in [7, 11) is 0. The summed E-state index contributed by atoms with van der Waals surface area (Å²) in [5.41, 5.74) is 2.03. The van der Waals surface area contributed by atoms with Crippen molar-refractivity contribution in [3.63, 3.8) is 0 Å². The zero-order valence-electron chi connectivity index (χ0n) is 10.7. The van der Waals surface area contributed by atoms with Crippen molar-refractivity contribution in [2.45, 2.75) is 17.7 Å². The second-order valence-corrected chi connectivity index (χ2v) is 6.01. The average molecular weight is 335 g/mol. The van der Waals surface area contributed by atoms with Gasteiger partial charge in [0.25, 0.3) is 0 Å². The van der Waals surface area contributed by atoms with Crippen molar-refractivity contribution in [2.24, 2.45) is 0 Å². The number of ketones is 1. The first kappa shape index (κ1) is 14.4. The quantitative estimate of drug-likeness (QED) is 0.566. The van der Waals surface area contributed by atoms with Crippen molar-refractivity contribution in [3.05, 3.63) is 64.1 Å². The number of thioether (sulfide) groups is 1. The Morgan fingerprint density at radius 3 is 2.47 bits per heavy atom. The third kappa shape index (κ3) is 3.95. The molecule has 0 aliphatic carbocycles. The van der Waals surface area contributed by atoms with E-state index in [2.05, 4.69) is 34.3 Å². The van der Waals surface area contributed by atoms with Gasteiger partial charge in [0, 0.05) is 21.4 Å². The number of rotatable bonds is 5. The van der Waals surface area contributed by atoms with Gasteiger partial charge >= 0.3 is 0 Å². The van der Waals surface area contributed by atoms with E-state index >= 15 is 0 Å². The Bertz CT molecular complexity index is 563. The van der Waals surface area contributed by atoms with E-state index in [-0.39, 0.29) is 5.78 Å². The molecule has 3 heteroatoms. The normalized spacial score (nSPS) is 10.4. The first-order chi connectivity index (χ1) is 9.20. The highest BCUT2D eigenvalue weighted by Gasteiger charge is 2.07. The van der Waals surface area contributed by atoms with Crippen molar-refractivity contribution in [3.8, 4) is 0 Å². The Hall–Kier alpha value is -1.06. The fraction of sp³-hybridized carbons (Fsp3) is 0.188. The first-order valence-electron chi connectivity index (χ1n) is 6.11. The summed E-state index contributed by atoms with van der Waals surface area (Å²) < 4.78 is 0.997. The number of hydrogen-bond acceptors (Lipinski definition) is 2. The summed E-state index contributed by atoms with van der Waals surface area (Å²) in [5, 5.41) is 0. The maximum Gasteiger partial charge on any atom is 0.163 e. The predicted molar refractivity (Wildman–Crippen MR) is 85.0 cm³/mol. The van der Waals surface area contributed by atoms with Gasteiger partial charge in [-0.25, -0.2) is 0 Å². The fourth-order valence-electron chi connectivity index (χ4n) is 1.94. The van der Waals surface area contributed by atoms with E-state index in [1.165, 1.54) is 10.5 Å². The Labute approximate surface area is 126 Å². The minimum absolute atomic E-state index is 0.198. The molecule has 0 atom stereocenters. The highest BCUT2D eigenvalue weighted by molar-refractivity contribution is 9.10. The molecule has 0 unspecified atom stereocenters. The van der Waals surface area contributed by atoms with E-state index < -0.39 is 0 Å². The van der Waals surface area contributed by atoms with Crippen LogP contribution < -0.4 is 0 Å². The van der Waals surface area contributed by atoms with Gasteiger partial charge in [-0.2, -0.15) is 0 Å². The zero-order chi connectivity index (χ0) is 13.7. The monoisotopic (exact) mass is 334 g/mol. The largest absolute Gasteiger partial charge is 0.294 e. The molecule has 19 heavy (non-hydrogen) atoms. The van der Waals surface area contributed by atoms with Crippen LogP contribution >= 0.6 is 27.7 Å². The molecule has 0 fully saturated rings. The molecule has 0 spiro atoms. The van der Waals surface area contributed by atoms with Crippen LogP contribution in [0.4, 0.5) is 0 Å². The van der Waals surface area contributed by atoms with Crippen LogP contribution in [-0.4, -0.2) is 12.0 Å². The highest BCUT2D eigenvalue weighted by atomic mass is 79.9. The van der Waals surface area contributed by atoms with Crippen molar-refractivity contribution < 1.29 is 4.79 Å². The van der Waals surface area contributed by atoms with Gasteiger partial charge in [-0.15, -0.1) is 11.8 Å². The van der Waals surface area contributed by atoms with E-state index in [0.717, 1.165) is 16.5 Å². The Morgan fingerprint density at radius 2 is 1.79 bits per heavy atom. The maximum atomic E-state index is 12.1. The molecule has 1 nitrogen and oxygen atoms in total. The van der Waals surface area contributed by atoms with Crippen molar-refractivity contribution >= 4 is 33.5 Å². The molecular formula is C16H15BrOS. The van der Waals surface area contributed by atoms with E-state index in [9.17, 15) is 4.79 Å². The topological polar surface area (TPSA) is 17.1 Å². The lowest BCUT2D eigenvalue weighted by Gasteiger charge is -2.06. The maximum absolute atomic E-state index is 12.1. The fourth-order valence-corrected chi connectivity index (χ4v) is 2.85. The first-order valence-corrected chi connectivity index (χ1v) is 8.13. The summed E-state index contributed by atoms with van der Waals surface area (Å²) in [4.78, 5) is 13.4. The van der Waals surface area contributed by atoms with Gasteiger partial charge in [0.2, 0.25) is 0 Å². The zero-order valence-corrected chi connectivity index (χ0v) is 13.1. The van der Waals surface area contributed by atoms with Gasteiger partial charge in [0.05, 0.1) is 0 Å². The lowest BCUT2D eigenvalue weighted by atomic mass is 10.0. The number of halogens is 1. The van der Waals surface area contributed by atoms with Gasteiger partial charge in [-0.05, 0) is 36.4 Å². The molecule has 0 amide bonds. The van der Waals surface area contributed by atoms with Crippen LogP contribution in [0.15, 0.2) is 57.9 Å². The second-order valence-electron chi connectivity index (χ2n) is 4.24. The molecule has 0 aromatic heterocycles. The van der Waals surface area contributed by atoms with Crippen LogP contribution in [0.25, 0.3) is 0 Å². The van der Waals surface area contributed by atoms with Gasteiger partial charge in [0.1, 0.15) is 0 Å². The summed E-state index contributed by atoms with van der Waals surface area (Å²) >= 11 is 5.10. The molecule has 2 rings (SSSR count). The molecule has 0 aliphatic heterocycles. The molecule has 2 aromatic carbocycles. The van der Waals surface area contributed by atoms with Crippen molar-refractivity contribution in [1.29, 1.82) is 0 Å². The Kier molecular flexibility index (Phi) is 5.23. The van der Waals surface area contributed by atoms with Gasteiger partial charge < -0.3 is 0 Å². The molecule has 98 valence electrons. The number of aryl methyl sites for hydroxylation is 1. The average Bonchev–Trinajstić information content (AvgIpc) is 2.45. The van der Waals surface area contributed by atoms with Crippen LogP contribution in [0.5, 0.6) is 0 Å². The standard InChI is InChI=1S/C16H15BrOS/c1-19-16-5-3-2-4-13(16)8-11-15(18)12-6-9-14(17)10-7-12/h2-7,9-10H,8,11H2,1H3. The minimum atomic E-state index is 0.198. The Morgan fingerprint density at radius 1 is 1.11 bits per heavy atom. The third-order valence-electron chi connectivity index (χ3n) is 2.98. The lowest BCUT2D eigenvalue weighted by Crippen LogP contribution is -2.01. The molecule has 0 aliphatic rings. The second kappa shape index (κ2) is 6.92. The van der Waals surface area contributed by atoms with Crippen LogP contribution in [0.3, 0.4) is 0 Å². The van der Waals surface area contributed by atoms with Gasteiger partial charge in [-0.1, -0.05) is 46.3 Å². The Balaban J connectivity index is 2.02. The SMILES string of the molecule is CSc1ccccc1CCC(=O)c1ccc(Br)cc1. The number of carbonyl (C=O) groups excluding carboxylic acids is 1. The molecular weight excluding hydrogens is 320 g/mol. The highest BCUT2D eigenvalue weighted by Crippen LogP contribution is 2.22. The lowest BCUT2D eigenvalue weighted by molar-refractivity contribution is 0.0982. The number of carbonyl (C=O) groups is 1. The minimum Gasteiger partial charge on any atom is -0.294 e. The molecule has 2 aromatic rings. The van der Waals surface area contributed by atoms with E-state index in [1.807, 2.05) is 36.4 Å². The molecule has 0 heterocycles. The van der Waals surface area contributed by atoms with Crippen LogP contribution in [0, 0.1) is 0 Å². The van der Waals surface area contributed by atoms with E-state index in [1.54, 1.807) is 11.8 Å². The van der Waals surface area contributed by atoms with Crippen LogP contribution in [-0.2, 0) is 6.42 Å². The molecule has 0 saturated heterocycles. The van der Waals surface area contributed by atoms with E-state index in [4.69, 9.17) is 0 Å². The molecule has 0 radical (unpaired) electrons. The molecule has 0 bridgehead atoms. The molecule has 0 saturated carbocycles. The molecule has 0 N–H and O–H groups in total. The van der Waals surface area contributed by atoms with Crippen molar-refractivity contribution in [1.82, 2.24) is 0 Å². The van der Waals surface area contributed by atoms with Crippen LogP contribution in [0.1, 0.15) is 22.3 Å². The summed E-state index contributed by atoms with van der Waals surface area (Å²) in [6, 6.07) is 15.8. The number of benzene rings is 2. The van der Waals surface area contributed by atoms with E-state index in [0.29, 0.717) is 6.42 Å². The predicted octanol–water partition coefficient (Wildman–Crippen LogP) is 4.99. The summed E-state index contributed by atoms with van der Waals surface area (Å²) in [6.07, 6.45) is 3.42. The summed E-state index contributed by atoms with van der Waals surface area (Å²) in [5.74, 6) is 0.198. The van der Waals surface area contributed by atoms with Crippen molar-refractivity contribution in [2.75, 3.05) is 6.26 Å². The van der Waals surface area contributed by atoms with Gasteiger partial charge in [-0.3, -0.25) is 4.79 Å². The number of Topliss-reactive ketones (excluding diaryl/α,β-unsaturated/α-hetero) is 1. The number of hydrogen-bond donors (Lipinski definition) is 0. The summed E-state index contributed by atoms with van der Waals surface area (Å²) in [6.45, 7) is 0. The smallest absolute Gasteiger partial charge is 0.163 e. The van der Waals surface area contributed by atoms with Crippen LogP contribution in [0.2, 0.25) is 0 Å². The third-order valence-corrected chi connectivity index (χ3v) is 4.35. The van der Waals surface area contributed by atoms with Gasteiger partial charge in [0.15, 0.2) is 5.78 Å².